The van der Waals surface area contributed by atoms with Crippen molar-refractivity contribution in [3.8, 4) is 0 Å². The summed E-state index contributed by atoms with van der Waals surface area (Å²) in [6, 6.07) is 7.98. The van der Waals surface area contributed by atoms with Crippen LogP contribution in [0.5, 0.6) is 0 Å². The molecule has 4 heteroatoms. The minimum absolute atomic E-state index is 0.404. The SMILES string of the molecule is C[C@@H](CNC[C@@]1(O)CCSC1)c1cccc(Cl)c1. The summed E-state index contributed by atoms with van der Waals surface area (Å²) >= 11 is 7.82. The van der Waals surface area contributed by atoms with Crippen molar-refractivity contribution in [3.05, 3.63) is 34.9 Å². The number of thioether (sulfide) groups is 1. The van der Waals surface area contributed by atoms with E-state index in [0.29, 0.717) is 12.5 Å². The highest BCUT2D eigenvalue weighted by Gasteiger charge is 2.31. The van der Waals surface area contributed by atoms with Crippen molar-refractivity contribution in [1.82, 2.24) is 5.32 Å². The summed E-state index contributed by atoms with van der Waals surface area (Å²) in [5, 5.41) is 14.4. The Morgan fingerprint density at radius 3 is 3.06 bits per heavy atom. The maximum absolute atomic E-state index is 10.2. The quantitative estimate of drug-likeness (QED) is 0.872. The van der Waals surface area contributed by atoms with E-state index in [-0.39, 0.29) is 0 Å². The molecule has 2 N–H and O–H groups in total. The van der Waals surface area contributed by atoms with Crippen molar-refractivity contribution in [2.75, 3.05) is 24.6 Å². The summed E-state index contributed by atoms with van der Waals surface area (Å²) in [6.45, 7) is 3.73. The lowest BCUT2D eigenvalue weighted by molar-refractivity contribution is 0.0676. The van der Waals surface area contributed by atoms with Crippen LogP contribution in [0.25, 0.3) is 0 Å². The summed E-state index contributed by atoms with van der Waals surface area (Å²) < 4.78 is 0. The third-order valence-electron chi connectivity index (χ3n) is 3.40. The number of hydrogen-bond donors (Lipinski definition) is 2. The van der Waals surface area contributed by atoms with E-state index in [9.17, 15) is 5.11 Å². The molecule has 0 amide bonds. The summed E-state index contributed by atoms with van der Waals surface area (Å²) in [5.74, 6) is 2.33. The number of aliphatic hydroxyl groups is 1. The number of rotatable bonds is 5. The first kappa shape index (κ1) is 14.2. The molecule has 1 saturated heterocycles. The second kappa shape index (κ2) is 6.29. The largest absolute Gasteiger partial charge is 0.388 e. The predicted molar refractivity (Wildman–Crippen MR) is 79.6 cm³/mol. The van der Waals surface area contributed by atoms with Crippen LogP contribution in [0.3, 0.4) is 0 Å². The standard InChI is InChI=1S/C14H20ClNOS/c1-11(12-3-2-4-13(15)7-12)8-16-9-14(17)5-6-18-10-14/h2-4,7,11,16-17H,5-6,8-10H2,1H3/t11-,14-/m0/s1. The molecule has 0 spiro atoms. The third kappa shape index (κ3) is 3.89. The smallest absolute Gasteiger partial charge is 0.0869 e. The van der Waals surface area contributed by atoms with Gasteiger partial charge in [0.2, 0.25) is 0 Å². The second-order valence-electron chi connectivity index (χ2n) is 5.11. The van der Waals surface area contributed by atoms with Crippen LogP contribution in [0.1, 0.15) is 24.8 Å². The monoisotopic (exact) mass is 285 g/mol. The highest BCUT2D eigenvalue weighted by Crippen LogP contribution is 2.27. The van der Waals surface area contributed by atoms with Gasteiger partial charge in [0.1, 0.15) is 0 Å². The second-order valence-corrected chi connectivity index (χ2v) is 6.66. The first-order chi connectivity index (χ1) is 8.59. The molecule has 0 bridgehead atoms. The number of hydrogen-bond acceptors (Lipinski definition) is 3. The van der Waals surface area contributed by atoms with E-state index < -0.39 is 5.60 Å². The number of halogens is 1. The number of nitrogens with one attached hydrogen (secondary N) is 1. The van der Waals surface area contributed by atoms with Crippen LogP contribution in [0.4, 0.5) is 0 Å². The van der Waals surface area contributed by atoms with Crippen LogP contribution in [0.2, 0.25) is 5.02 Å². The summed E-state index contributed by atoms with van der Waals surface area (Å²) in [5.41, 5.74) is 0.737. The van der Waals surface area contributed by atoms with Gasteiger partial charge in [-0.15, -0.1) is 0 Å². The van der Waals surface area contributed by atoms with Gasteiger partial charge < -0.3 is 10.4 Å². The lowest BCUT2D eigenvalue weighted by Crippen LogP contribution is -2.41. The molecule has 0 saturated carbocycles. The Balaban J connectivity index is 1.79. The minimum Gasteiger partial charge on any atom is -0.388 e. The van der Waals surface area contributed by atoms with Crippen LogP contribution >= 0.6 is 23.4 Å². The molecule has 1 aromatic rings. The Morgan fingerprint density at radius 1 is 1.56 bits per heavy atom. The molecule has 0 aromatic heterocycles. The Morgan fingerprint density at radius 2 is 2.39 bits per heavy atom. The lowest BCUT2D eigenvalue weighted by Gasteiger charge is -2.23. The molecule has 2 rings (SSSR count). The van der Waals surface area contributed by atoms with E-state index in [2.05, 4.69) is 18.3 Å². The van der Waals surface area contributed by atoms with Gasteiger partial charge in [-0.25, -0.2) is 0 Å². The van der Waals surface area contributed by atoms with E-state index >= 15 is 0 Å². The Bertz CT molecular complexity index is 393. The predicted octanol–water partition coefficient (Wildman–Crippen LogP) is 2.90. The molecular formula is C14H20ClNOS. The molecule has 2 atom stereocenters. The Kier molecular flexibility index (Phi) is 4.96. The van der Waals surface area contributed by atoms with Gasteiger partial charge in [-0.3, -0.25) is 0 Å². The highest BCUT2D eigenvalue weighted by atomic mass is 35.5. The van der Waals surface area contributed by atoms with Crippen molar-refractivity contribution < 1.29 is 5.11 Å². The van der Waals surface area contributed by atoms with Gasteiger partial charge >= 0.3 is 0 Å². The zero-order chi connectivity index (χ0) is 13.0. The molecule has 0 aliphatic carbocycles. The number of benzene rings is 1. The van der Waals surface area contributed by atoms with Gasteiger partial charge in [0.15, 0.2) is 0 Å². The Labute approximate surface area is 118 Å². The van der Waals surface area contributed by atoms with Crippen molar-refractivity contribution in [2.45, 2.75) is 24.9 Å². The molecule has 1 heterocycles. The molecule has 0 unspecified atom stereocenters. The highest BCUT2D eigenvalue weighted by molar-refractivity contribution is 7.99. The maximum atomic E-state index is 10.2. The summed E-state index contributed by atoms with van der Waals surface area (Å²) in [7, 11) is 0. The first-order valence-corrected chi connectivity index (χ1v) is 7.89. The molecule has 1 aliphatic rings. The molecule has 0 radical (unpaired) electrons. The molecule has 1 aliphatic heterocycles. The van der Waals surface area contributed by atoms with E-state index in [1.165, 1.54) is 5.56 Å². The van der Waals surface area contributed by atoms with Crippen molar-refractivity contribution in [2.24, 2.45) is 0 Å². The van der Waals surface area contributed by atoms with E-state index in [1.807, 2.05) is 30.0 Å². The minimum atomic E-state index is -0.501. The first-order valence-electron chi connectivity index (χ1n) is 6.35. The van der Waals surface area contributed by atoms with Crippen LogP contribution in [-0.4, -0.2) is 35.3 Å². The lowest BCUT2D eigenvalue weighted by atomic mass is 10.00. The normalized spacial score (nSPS) is 25.3. The fourth-order valence-corrected chi connectivity index (χ4v) is 3.68. The summed E-state index contributed by atoms with van der Waals surface area (Å²) in [4.78, 5) is 0. The fraction of sp³-hybridized carbons (Fsp3) is 0.571. The summed E-state index contributed by atoms with van der Waals surface area (Å²) in [6.07, 6.45) is 0.899. The van der Waals surface area contributed by atoms with Gasteiger partial charge in [-0.05, 0) is 35.8 Å². The van der Waals surface area contributed by atoms with E-state index in [4.69, 9.17) is 11.6 Å². The average molecular weight is 286 g/mol. The molecule has 1 fully saturated rings. The van der Waals surface area contributed by atoms with Gasteiger partial charge in [0.05, 0.1) is 5.60 Å². The van der Waals surface area contributed by atoms with Gasteiger partial charge in [-0.1, -0.05) is 30.7 Å². The third-order valence-corrected chi connectivity index (χ3v) is 4.87. The van der Waals surface area contributed by atoms with Crippen molar-refractivity contribution in [1.29, 1.82) is 0 Å². The van der Waals surface area contributed by atoms with E-state index in [0.717, 1.165) is 29.5 Å². The molecule has 18 heavy (non-hydrogen) atoms. The van der Waals surface area contributed by atoms with Crippen LogP contribution < -0.4 is 5.32 Å². The van der Waals surface area contributed by atoms with Crippen LogP contribution in [-0.2, 0) is 0 Å². The van der Waals surface area contributed by atoms with Crippen LogP contribution in [0.15, 0.2) is 24.3 Å². The molecular weight excluding hydrogens is 266 g/mol. The van der Waals surface area contributed by atoms with Crippen molar-refractivity contribution >= 4 is 23.4 Å². The molecule has 100 valence electrons. The van der Waals surface area contributed by atoms with E-state index in [1.54, 1.807) is 0 Å². The maximum Gasteiger partial charge on any atom is 0.0869 e. The van der Waals surface area contributed by atoms with Crippen LogP contribution in [0, 0.1) is 0 Å². The zero-order valence-electron chi connectivity index (χ0n) is 10.7. The average Bonchev–Trinajstić information content (AvgIpc) is 2.76. The van der Waals surface area contributed by atoms with Gasteiger partial charge in [0.25, 0.3) is 0 Å². The van der Waals surface area contributed by atoms with Gasteiger partial charge in [-0.2, -0.15) is 11.8 Å². The van der Waals surface area contributed by atoms with Crippen molar-refractivity contribution in [3.63, 3.8) is 0 Å². The Hall–Kier alpha value is -0.220. The molecule has 1 aromatic carbocycles. The van der Waals surface area contributed by atoms with Gasteiger partial charge in [0, 0.05) is 23.9 Å². The zero-order valence-corrected chi connectivity index (χ0v) is 12.2. The molecule has 2 nitrogen and oxygen atoms in total. The topological polar surface area (TPSA) is 32.3 Å². The fourth-order valence-electron chi connectivity index (χ4n) is 2.19.